The summed E-state index contributed by atoms with van der Waals surface area (Å²) < 4.78 is 0. The smallest absolute Gasteiger partial charge is 0.311 e. The third kappa shape index (κ3) is 1.13. The lowest BCUT2D eigenvalue weighted by Crippen LogP contribution is -2.31. The molecule has 2 rings (SSSR count). The molecule has 0 fully saturated rings. The van der Waals surface area contributed by atoms with Crippen LogP contribution >= 0.6 is 0 Å². The Morgan fingerprint density at radius 1 is 1.23 bits per heavy atom. The topological polar surface area (TPSA) is 65.7 Å². The number of aryl methyl sites for hydroxylation is 1. The van der Waals surface area contributed by atoms with Crippen LogP contribution in [0.25, 0.3) is 0 Å². The summed E-state index contributed by atoms with van der Waals surface area (Å²) in [6.45, 7) is 4.04. The molecule has 0 saturated carbocycles. The van der Waals surface area contributed by atoms with Crippen molar-refractivity contribution in [2.45, 2.75) is 32.1 Å². The number of rotatable bonds is 0. The number of H-pyrrole nitrogens is 2. The Kier molecular flexibility index (Phi) is 1.49. The first-order valence-corrected chi connectivity index (χ1v) is 4.37. The molecule has 0 atom stereocenters. The quantitative estimate of drug-likeness (QED) is 0.602. The highest BCUT2D eigenvalue weighted by atomic mass is 16.2. The van der Waals surface area contributed by atoms with Gasteiger partial charge < -0.3 is 4.98 Å². The Balaban J connectivity index is 2.80. The normalized spacial score (nSPS) is 18.6. The molecule has 70 valence electrons. The van der Waals surface area contributed by atoms with Gasteiger partial charge in [0.05, 0.1) is 0 Å². The molecule has 1 aromatic rings. The summed E-state index contributed by atoms with van der Waals surface area (Å²) in [7, 11) is 0. The van der Waals surface area contributed by atoms with Crippen LogP contribution in [-0.4, -0.2) is 9.97 Å². The molecule has 0 saturated heterocycles. The molecule has 0 unspecified atom stereocenters. The van der Waals surface area contributed by atoms with Gasteiger partial charge in [-0.1, -0.05) is 13.8 Å². The van der Waals surface area contributed by atoms with Gasteiger partial charge in [-0.15, -0.1) is 0 Å². The lowest BCUT2D eigenvalue weighted by molar-refractivity contribution is 0.517. The summed E-state index contributed by atoms with van der Waals surface area (Å²) in [4.78, 5) is 27.4. The Hall–Kier alpha value is -1.32. The molecule has 0 spiro atoms. The van der Waals surface area contributed by atoms with E-state index in [2.05, 4.69) is 9.97 Å². The van der Waals surface area contributed by atoms with Gasteiger partial charge in [-0.3, -0.25) is 9.78 Å². The molecule has 0 bridgehead atoms. The SMILES string of the molecule is CC1(C)CCc2[nH]c(=O)[nH]c(=O)c21. The molecule has 0 aliphatic heterocycles. The number of hydrogen-bond acceptors (Lipinski definition) is 2. The summed E-state index contributed by atoms with van der Waals surface area (Å²) in [6, 6.07) is 0. The molecular formula is C9H12N2O2. The summed E-state index contributed by atoms with van der Waals surface area (Å²) in [5, 5.41) is 0. The zero-order valence-corrected chi connectivity index (χ0v) is 7.73. The van der Waals surface area contributed by atoms with Crippen LogP contribution in [-0.2, 0) is 11.8 Å². The number of fused-ring (bicyclic) bond motifs is 1. The fourth-order valence-electron chi connectivity index (χ4n) is 2.00. The molecule has 1 heterocycles. The van der Waals surface area contributed by atoms with E-state index in [0.717, 1.165) is 24.1 Å². The second-order valence-electron chi connectivity index (χ2n) is 4.15. The van der Waals surface area contributed by atoms with Gasteiger partial charge in [-0.05, 0) is 18.3 Å². The maximum Gasteiger partial charge on any atom is 0.325 e. The minimum absolute atomic E-state index is 0.104. The average Bonchev–Trinajstić information content (AvgIpc) is 2.26. The Morgan fingerprint density at radius 3 is 2.62 bits per heavy atom. The van der Waals surface area contributed by atoms with Gasteiger partial charge in [0.2, 0.25) is 0 Å². The summed E-state index contributed by atoms with van der Waals surface area (Å²) in [5.74, 6) is 0. The van der Waals surface area contributed by atoms with E-state index in [1.54, 1.807) is 0 Å². The molecule has 0 amide bonds. The minimum atomic E-state index is -0.401. The van der Waals surface area contributed by atoms with Crippen molar-refractivity contribution in [1.82, 2.24) is 9.97 Å². The highest BCUT2D eigenvalue weighted by Crippen LogP contribution is 2.33. The molecule has 1 aromatic heterocycles. The third-order valence-electron chi connectivity index (χ3n) is 2.70. The molecule has 1 aliphatic carbocycles. The monoisotopic (exact) mass is 180 g/mol. The van der Waals surface area contributed by atoms with E-state index >= 15 is 0 Å². The molecule has 2 N–H and O–H groups in total. The molecule has 0 aromatic carbocycles. The van der Waals surface area contributed by atoms with Crippen LogP contribution in [0.2, 0.25) is 0 Å². The largest absolute Gasteiger partial charge is 0.325 e. The van der Waals surface area contributed by atoms with Crippen molar-refractivity contribution in [3.8, 4) is 0 Å². The van der Waals surface area contributed by atoms with Crippen LogP contribution in [0.4, 0.5) is 0 Å². The number of nitrogens with one attached hydrogen (secondary N) is 2. The van der Waals surface area contributed by atoms with Gasteiger partial charge in [-0.2, -0.15) is 0 Å². The molecule has 0 radical (unpaired) electrons. The van der Waals surface area contributed by atoms with Gasteiger partial charge in [0.1, 0.15) is 0 Å². The van der Waals surface area contributed by atoms with E-state index in [4.69, 9.17) is 0 Å². The first-order chi connectivity index (χ1) is 6.00. The zero-order valence-electron chi connectivity index (χ0n) is 7.73. The molecule has 13 heavy (non-hydrogen) atoms. The van der Waals surface area contributed by atoms with Crippen LogP contribution in [0.15, 0.2) is 9.59 Å². The first kappa shape index (κ1) is 8.29. The highest BCUT2D eigenvalue weighted by molar-refractivity contribution is 5.30. The number of aromatic amines is 2. The lowest BCUT2D eigenvalue weighted by atomic mass is 9.88. The molecular weight excluding hydrogens is 168 g/mol. The van der Waals surface area contributed by atoms with Crippen LogP contribution in [0.3, 0.4) is 0 Å². The maximum atomic E-state index is 11.5. The Bertz CT molecular complexity index is 453. The van der Waals surface area contributed by atoms with Crippen LogP contribution < -0.4 is 11.2 Å². The van der Waals surface area contributed by atoms with Crippen molar-refractivity contribution in [3.63, 3.8) is 0 Å². The van der Waals surface area contributed by atoms with Gasteiger partial charge in [0, 0.05) is 11.3 Å². The van der Waals surface area contributed by atoms with Crippen LogP contribution in [0.1, 0.15) is 31.5 Å². The summed E-state index contributed by atoms with van der Waals surface area (Å²) in [5.41, 5.74) is 0.807. The van der Waals surface area contributed by atoms with Gasteiger partial charge in [0.25, 0.3) is 5.56 Å². The lowest BCUT2D eigenvalue weighted by Gasteiger charge is -2.16. The highest BCUT2D eigenvalue weighted by Gasteiger charge is 2.33. The van der Waals surface area contributed by atoms with Crippen molar-refractivity contribution >= 4 is 0 Å². The zero-order chi connectivity index (χ0) is 9.64. The number of aromatic nitrogens is 2. The first-order valence-electron chi connectivity index (χ1n) is 4.37. The van der Waals surface area contributed by atoms with Gasteiger partial charge in [-0.25, -0.2) is 4.79 Å². The second-order valence-corrected chi connectivity index (χ2v) is 4.15. The van der Waals surface area contributed by atoms with E-state index in [9.17, 15) is 9.59 Å². The van der Waals surface area contributed by atoms with E-state index < -0.39 is 5.69 Å². The van der Waals surface area contributed by atoms with Gasteiger partial charge >= 0.3 is 5.69 Å². The number of hydrogen-bond donors (Lipinski definition) is 2. The Labute approximate surface area is 75.0 Å². The van der Waals surface area contributed by atoms with Crippen molar-refractivity contribution in [1.29, 1.82) is 0 Å². The van der Waals surface area contributed by atoms with E-state index in [1.165, 1.54) is 0 Å². The van der Waals surface area contributed by atoms with Crippen molar-refractivity contribution in [2.75, 3.05) is 0 Å². The van der Waals surface area contributed by atoms with Crippen molar-refractivity contribution in [2.24, 2.45) is 0 Å². The average molecular weight is 180 g/mol. The summed E-state index contributed by atoms with van der Waals surface area (Å²) >= 11 is 0. The predicted octanol–water partition coefficient (Wildman–Crippen LogP) is 0.287. The minimum Gasteiger partial charge on any atom is -0.311 e. The third-order valence-corrected chi connectivity index (χ3v) is 2.70. The summed E-state index contributed by atoms with van der Waals surface area (Å²) in [6.07, 6.45) is 1.72. The molecule has 4 nitrogen and oxygen atoms in total. The van der Waals surface area contributed by atoms with Crippen molar-refractivity contribution < 1.29 is 0 Å². The van der Waals surface area contributed by atoms with Crippen LogP contribution in [0.5, 0.6) is 0 Å². The van der Waals surface area contributed by atoms with E-state index in [0.29, 0.717) is 0 Å². The second kappa shape index (κ2) is 2.34. The molecule has 4 heteroatoms. The van der Waals surface area contributed by atoms with Crippen LogP contribution in [0, 0.1) is 0 Å². The predicted molar refractivity (Wildman–Crippen MR) is 49.0 cm³/mol. The maximum absolute atomic E-state index is 11.5. The van der Waals surface area contributed by atoms with Crippen molar-refractivity contribution in [3.05, 3.63) is 32.1 Å². The van der Waals surface area contributed by atoms with Gasteiger partial charge in [0.15, 0.2) is 0 Å². The van der Waals surface area contributed by atoms with E-state index in [1.807, 2.05) is 13.8 Å². The fraction of sp³-hybridized carbons (Fsp3) is 0.556. The standard InChI is InChI=1S/C9H12N2O2/c1-9(2)4-3-5-6(9)7(12)11-8(13)10-5/h3-4H2,1-2H3,(H2,10,11,12,13). The molecule has 1 aliphatic rings. The Morgan fingerprint density at radius 2 is 1.92 bits per heavy atom. The fourth-order valence-corrected chi connectivity index (χ4v) is 2.00. The van der Waals surface area contributed by atoms with E-state index in [-0.39, 0.29) is 11.0 Å².